The third-order valence-corrected chi connectivity index (χ3v) is 9.54. The summed E-state index contributed by atoms with van der Waals surface area (Å²) in [7, 11) is 5.94. The highest BCUT2D eigenvalue weighted by molar-refractivity contribution is 5.71. The van der Waals surface area contributed by atoms with Crippen molar-refractivity contribution in [3.8, 4) is 0 Å². The van der Waals surface area contributed by atoms with Crippen molar-refractivity contribution < 1.29 is 42.9 Å². The van der Waals surface area contributed by atoms with Gasteiger partial charge in [0.1, 0.15) is 13.2 Å². The lowest BCUT2D eigenvalue weighted by atomic mass is 10.1. The van der Waals surface area contributed by atoms with Gasteiger partial charge >= 0.3 is 17.9 Å². The van der Waals surface area contributed by atoms with Crippen LogP contribution in [0.3, 0.4) is 0 Å². The van der Waals surface area contributed by atoms with Crippen molar-refractivity contribution >= 4 is 17.9 Å². The Morgan fingerprint density at radius 2 is 0.983 bits per heavy atom. The van der Waals surface area contributed by atoms with E-state index in [0.29, 0.717) is 23.9 Å². The van der Waals surface area contributed by atoms with E-state index in [-0.39, 0.29) is 32.2 Å². The Hall–Kier alpha value is -3.01. The molecular formula is C49H86NO8+. The summed E-state index contributed by atoms with van der Waals surface area (Å²) < 4.78 is 22.7. The minimum Gasteiger partial charge on any atom is -0.477 e. The molecule has 0 radical (unpaired) electrons. The van der Waals surface area contributed by atoms with Gasteiger partial charge in [-0.05, 0) is 57.8 Å². The monoisotopic (exact) mass is 817 g/mol. The van der Waals surface area contributed by atoms with Crippen molar-refractivity contribution in [2.24, 2.45) is 0 Å². The van der Waals surface area contributed by atoms with Gasteiger partial charge in [-0.1, -0.05) is 164 Å². The van der Waals surface area contributed by atoms with Gasteiger partial charge in [0.2, 0.25) is 0 Å². The van der Waals surface area contributed by atoms with Crippen molar-refractivity contribution in [1.29, 1.82) is 0 Å². The van der Waals surface area contributed by atoms with Gasteiger partial charge < -0.3 is 28.5 Å². The Balaban J connectivity index is 4.38. The molecule has 1 N–H and O–H groups in total. The minimum absolute atomic E-state index is 0.184. The van der Waals surface area contributed by atoms with E-state index in [1.54, 1.807) is 0 Å². The minimum atomic E-state index is -1.51. The molecule has 0 aromatic carbocycles. The Bertz CT molecular complexity index is 1140. The molecule has 0 aromatic rings. The van der Waals surface area contributed by atoms with Gasteiger partial charge in [0, 0.05) is 12.8 Å². The normalized spacial score (nSPS) is 13.5. The predicted molar refractivity (Wildman–Crippen MR) is 240 cm³/mol. The number of likely N-dealkylation sites (N-methyl/N-ethyl adjacent to an activating group) is 1. The Labute approximate surface area is 355 Å². The number of allylic oxidation sites excluding steroid dienone is 10. The largest absolute Gasteiger partial charge is 0.477 e. The van der Waals surface area contributed by atoms with Crippen molar-refractivity contribution in [2.75, 3.05) is 47.5 Å². The van der Waals surface area contributed by atoms with Crippen LogP contribution in [-0.4, -0.2) is 87.4 Å². The van der Waals surface area contributed by atoms with Crippen LogP contribution >= 0.6 is 0 Å². The fourth-order valence-corrected chi connectivity index (χ4v) is 5.98. The standard InChI is InChI=1S/C49H85NO8/c1-6-8-10-12-14-16-18-19-20-21-22-23-24-25-26-27-28-29-30-32-34-36-38-40-47(52)58-45(44-57-49(48(53)54)55-42-41-50(3,4)5)43-56-46(51)39-37-35-33-31-17-15-13-11-9-7-2/h8,10,14,16,19-20,22-23,25-26,45,49H,6-7,9,11-13,15,17-18,21,24,27-44H2,1-5H3/p+1/b10-8-,16-14-,20-19-,23-22-,26-25-. The number of carboxylic acid groups (broad SMARTS) is 1. The molecule has 0 aromatic heterocycles. The second-order valence-electron chi connectivity index (χ2n) is 16.3. The molecule has 0 saturated carbocycles. The molecule has 0 fully saturated rings. The fourth-order valence-electron chi connectivity index (χ4n) is 5.98. The smallest absolute Gasteiger partial charge is 0.361 e. The second-order valence-corrected chi connectivity index (χ2v) is 16.3. The van der Waals surface area contributed by atoms with Crippen LogP contribution in [-0.2, 0) is 33.3 Å². The molecule has 0 rings (SSSR count). The van der Waals surface area contributed by atoms with Gasteiger partial charge in [-0.3, -0.25) is 9.59 Å². The van der Waals surface area contributed by atoms with Crippen LogP contribution < -0.4 is 0 Å². The highest BCUT2D eigenvalue weighted by Crippen LogP contribution is 2.14. The molecule has 9 heteroatoms. The molecule has 0 amide bonds. The summed E-state index contributed by atoms with van der Waals surface area (Å²) in [5, 5.41) is 9.63. The molecule has 0 aliphatic heterocycles. The number of esters is 2. The number of quaternary nitrogens is 1. The Morgan fingerprint density at radius 3 is 1.47 bits per heavy atom. The molecule has 0 saturated heterocycles. The summed E-state index contributed by atoms with van der Waals surface area (Å²) in [5.41, 5.74) is 0. The third kappa shape index (κ3) is 41.2. The average Bonchev–Trinajstić information content (AvgIpc) is 3.18. The fraction of sp³-hybridized carbons (Fsp3) is 0.735. The number of carbonyl (C=O) groups is 3. The van der Waals surface area contributed by atoms with Crippen LogP contribution in [0, 0.1) is 0 Å². The molecule has 0 aliphatic carbocycles. The lowest BCUT2D eigenvalue weighted by Gasteiger charge is -2.25. The molecule has 334 valence electrons. The molecule has 2 atom stereocenters. The predicted octanol–water partition coefficient (Wildman–Crippen LogP) is 12.2. The number of hydrogen-bond acceptors (Lipinski definition) is 7. The molecular weight excluding hydrogens is 731 g/mol. The summed E-state index contributed by atoms with van der Waals surface area (Å²) in [6.45, 7) is 4.72. The number of unbranched alkanes of at least 4 members (excludes halogenated alkanes) is 16. The average molecular weight is 817 g/mol. The van der Waals surface area contributed by atoms with E-state index in [4.69, 9.17) is 18.9 Å². The maximum atomic E-state index is 12.8. The first-order valence-electron chi connectivity index (χ1n) is 23.0. The number of carbonyl (C=O) groups excluding carboxylic acids is 2. The van der Waals surface area contributed by atoms with Crippen LogP contribution in [0.2, 0.25) is 0 Å². The number of nitrogens with zero attached hydrogens (tertiary/aromatic N) is 1. The molecule has 0 heterocycles. The molecule has 9 nitrogen and oxygen atoms in total. The lowest BCUT2D eigenvalue weighted by molar-refractivity contribution is -0.870. The van der Waals surface area contributed by atoms with E-state index < -0.39 is 24.3 Å². The van der Waals surface area contributed by atoms with Gasteiger partial charge in [-0.15, -0.1) is 0 Å². The highest BCUT2D eigenvalue weighted by atomic mass is 16.7. The maximum absolute atomic E-state index is 12.8. The van der Waals surface area contributed by atoms with Gasteiger partial charge in [0.15, 0.2) is 6.10 Å². The van der Waals surface area contributed by atoms with E-state index in [1.165, 1.54) is 64.2 Å². The van der Waals surface area contributed by atoms with Crippen molar-refractivity contribution in [2.45, 2.75) is 187 Å². The van der Waals surface area contributed by atoms with E-state index in [2.05, 4.69) is 74.6 Å². The van der Waals surface area contributed by atoms with Gasteiger partial charge in [-0.25, -0.2) is 4.79 Å². The van der Waals surface area contributed by atoms with E-state index >= 15 is 0 Å². The molecule has 0 aliphatic rings. The van der Waals surface area contributed by atoms with Crippen LogP contribution in [0.4, 0.5) is 0 Å². The highest BCUT2D eigenvalue weighted by Gasteiger charge is 2.25. The first-order chi connectivity index (χ1) is 28.1. The number of aliphatic carboxylic acids is 1. The Kier molecular flexibility index (Phi) is 38.6. The first kappa shape index (κ1) is 55.0. The van der Waals surface area contributed by atoms with Crippen LogP contribution in [0.25, 0.3) is 0 Å². The molecule has 0 bridgehead atoms. The van der Waals surface area contributed by atoms with Crippen molar-refractivity contribution in [1.82, 2.24) is 0 Å². The molecule has 2 unspecified atom stereocenters. The Morgan fingerprint density at radius 1 is 0.534 bits per heavy atom. The second kappa shape index (κ2) is 40.8. The number of hydrogen-bond donors (Lipinski definition) is 1. The van der Waals surface area contributed by atoms with Gasteiger partial charge in [0.25, 0.3) is 6.29 Å². The zero-order chi connectivity index (χ0) is 42.8. The van der Waals surface area contributed by atoms with E-state index in [0.717, 1.165) is 77.0 Å². The van der Waals surface area contributed by atoms with Crippen molar-refractivity contribution in [3.63, 3.8) is 0 Å². The summed E-state index contributed by atoms with van der Waals surface area (Å²) in [6.07, 6.45) is 45.7. The molecule has 0 spiro atoms. The number of rotatable bonds is 41. The quantitative estimate of drug-likeness (QED) is 0.0214. The third-order valence-electron chi connectivity index (χ3n) is 9.54. The van der Waals surface area contributed by atoms with Crippen LogP contribution in [0.15, 0.2) is 60.8 Å². The van der Waals surface area contributed by atoms with Crippen molar-refractivity contribution in [3.05, 3.63) is 60.8 Å². The van der Waals surface area contributed by atoms with Crippen LogP contribution in [0.5, 0.6) is 0 Å². The van der Waals surface area contributed by atoms with E-state index in [1.807, 2.05) is 21.1 Å². The van der Waals surface area contributed by atoms with Gasteiger partial charge in [-0.2, -0.15) is 0 Å². The number of ether oxygens (including phenoxy) is 4. The van der Waals surface area contributed by atoms with E-state index in [9.17, 15) is 19.5 Å². The summed E-state index contributed by atoms with van der Waals surface area (Å²) in [5.74, 6) is -2.03. The van der Waals surface area contributed by atoms with Crippen LogP contribution in [0.1, 0.15) is 174 Å². The SMILES string of the molecule is CC/C=C\C/C=C\C/C=C\C/C=C\C/C=C\CCCCCCCCCC(=O)OC(COC(=O)CCCCCCCCCCCC)COC(OCC[N+](C)(C)C)C(=O)O. The summed E-state index contributed by atoms with van der Waals surface area (Å²) >= 11 is 0. The zero-order valence-corrected chi connectivity index (χ0v) is 37.7. The summed E-state index contributed by atoms with van der Waals surface area (Å²) in [6, 6.07) is 0. The maximum Gasteiger partial charge on any atom is 0.361 e. The molecule has 58 heavy (non-hydrogen) atoms. The summed E-state index contributed by atoms with van der Waals surface area (Å²) in [4.78, 5) is 37.1. The lowest BCUT2D eigenvalue weighted by Crippen LogP contribution is -2.40. The van der Waals surface area contributed by atoms with Gasteiger partial charge in [0.05, 0.1) is 34.4 Å². The number of carboxylic acids is 1. The zero-order valence-electron chi connectivity index (χ0n) is 37.7. The topological polar surface area (TPSA) is 108 Å². The first-order valence-corrected chi connectivity index (χ1v) is 23.0.